The molecule has 2 aromatic rings. The molecule has 6 heteroatoms. The van der Waals surface area contributed by atoms with Crippen molar-refractivity contribution in [2.75, 3.05) is 18.8 Å². The third kappa shape index (κ3) is 2.40. The van der Waals surface area contributed by atoms with Crippen LogP contribution in [0.15, 0.2) is 22.6 Å². The lowest BCUT2D eigenvalue weighted by Crippen LogP contribution is -2.24. The molecular weight excluding hydrogens is 230 g/mol. The Kier molecular flexibility index (Phi) is 3.42. The van der Waals surface area contributed by atoms with Gasteiger partial charge in [-0.25, -0.2) is 4.98 Å². The quantitative estimate of drug-likeness (QED) is 0.638. The summed E-state index contributed by atoms with van der Waals surface area (Å²) < 4.78 is 5.52. The second-order valence-electron chi connectivity index (χ2n) is 3.76. The summed E-state index contributed by atoms with van der Waals surface area (Å²) in [4.78, 5) is 5.90. The number of nitrogens with two attached hydrogens (primary N) is 1. The molecule has 0 aliphatic carbocycles. The number of hydrogen-bond acceptors (Lipinski definition) is 6. The van der Waals surface area contributed by atoms with Crippen LogP contribution in [-0.2, 0) is 6.54 Å². The molecular formula is C12H11N5O. The summed E-state index contributed by atoms with van der Waals surface area (Å²) in [7, 11) is 0. The molecule has 90 valence electrons. The van der Waals surface area contributed by atoms with Gasteiger partial charge in [0.2, 0.25) is 5.89 Å². The highest BCUT2D eigenvalue weighted by molar-refractivity contribution is 5.85. The predicted molar refractivity (Wildman–Crippen MR) is 64.9 cm³/mol. The van der Waals surface area contributed by atoms with Crippen molar-refractivity contribution in [1.29, 1.82) is 10.5 Å². The van der Waals surface area contributed by atoms with Crippen LogP contribution in [0.3, 0.4) is 0 Å². The van der Waals surface area contributed by atoms with Crippen molar-refractivity contribution in [3.05, 3.63) is 24.1 Å². The van der Waals surface area contributed by atoms with Gasteiger partial charge >= 0.3 is 0 Å². The molecule has 0 amide bonds. The SMILES string of the molecule is N#CCN(CC#N)Cc1nc2c(N)cccc2o1. The number of rotatable bonds is 4. The highest BCUT2D eigenvalue weighted by Crippen LogP contribution is 2.21. The van der Waals surface area contributed by atoms with Crippen LogP contribution >= 0.6 is 0 Å². The summed E-state index contributed by atoms with van der Waals surface area (Å²) in [5.74, 6) is 0.452. The summed E-state index contributed by atoms with van der Waals surface area (Å²) in [6.45, 7) is 0.624. The van der Waals surface area contributed by atoms with Gasteiger partial charge in [0.15, 0.2) is 5.58 Å². The van der Waals surface area contributed by atoms with Crippen LogP contribution < -0.4 is 5.73 Å². The molecule has 1 aromatic carbocycles. The number of para-hydroxylation sites is 1. The maximum absolute atomic E-state index is 8.65. The molecule has 0 radical (unpaired) electrons. The van der Waals surface area contributed by atoms with Gasteiger partial charge in [-0.1, -0.05) is 6.07 Å². The number of nitrogen functional groups attached to an aromatic ring is 1. The smallest absolute Gasteiger partial charge is 0.209 e. The van der Waals surface area contributed by atoms with Gasteiger partial charge in [0.1, 0.15) is 5.52 Å². The standard InChI is InChI=1S/C12H11N5O/c13-4-6-17(7-5-14)8-11-16-12-9(15)2-1-3-10(12)18-11/h1-3H,6-8,15H2. The average Bonchev–Trinajstić information content (AvgIpc) is 2.74. The van der Waals surface area contributed by atoms with E-state index >= 15 is 0 Å². The number of benzene rings is 1. The van der Waals surface area contributed by atoms with E-state index < -0.39 is 0 Å². The number of aromatic nitrogens is 1. The first kappa shape index (κ1) is 11.9. The minimum absolute atomic E-state index is 0.155. The minimum Gasteiger partial charge on any atom is -0.439 e. The Balaban J connectivity index is 2.24. The third-order valence-corrected chi connectivity index (χ3v) is 2.44. The number of oxazole rings is 1. The Hall–Kier alpha value is -2.57. The molecule has 0 saturated heterocycles. The topological polar surface area (TPSA) is 103 Å². The fraction of sp³-hybridized carbons (Fsp3) is 0.250. The van der Waals surface area contributed by atoms with Gasteiger partial charge in [0.05, 0.1) is 37.5 Å². The lowest BCUT2D eigenvalue weighted by Gasteiger charge is -2.11. The molecule has 0 spiro atoms. The fourth-order valence-corrected chi connectivity index (χ4v) is 1.64. The second-order valence-corrected chi connectivity index (χ2v) is 3.76. The molecule has 0 unspecified atom stereocenters. The van der Waals surface area contributed by atoms with Crippen LogP contribution in [-0.4, -0.2) is 23.0 Å². The molecule has 6 nitrogen and oxygen atoms in total. The lowest BCUT2D eigenvalue weighted by atomic mass is 10.3. The molecule has 2 N–H and O–H groups in total. The zero-order chi connectivity index (χ0) is 13.0. The van der Waals surface area contributed by atoms with Gasteiger partial charge in [-0.15, -0.1) is 0 Å². The monoisotopic (exact) mass is 241 g/mol. The van der Waals surface area contributed by atoms with Gasteiger partial charge < -0.3 is 10.2 Å². The minimum atomic E-state index is 0.155. The van der Waals surface area contributed by atoms with Gasteiger partial charge in [-0.3, -0.25) is 4.90 Å². The van der Waals surface area contributed by atoms with Crippen LogP contribution in [0, 0.1) is 22.7 Å². The maximum Gasteiger partial charge on any atom is 0.209 e. The largest absolute Gasteiger partial charge is 0.439 e. The van der Waals surface area contributed by atoms with E-state index in [0.717, 1.165) is 0 Å². The number of anilines is 1. The number of hydrogen-bond donors (Lipinski definition) is 1. The Morgan fingerprint density at radius 2 is 2.00 bits per heavy atom. The predicted octanol–water partition coefficient (Wildman–Crippen LogP) is 1.26. The van der Waals surface area contributed by atoms with Crippen LogP contribution in [0.5, 0.6) is 0 Å². The molecule has 0 aliphatic heterocycles. The number of fused-ring (bicyclic) bond motifs is 1. The Labute approximate surface area is 104 Å². The average molecular weight is 241 g/mol. The normalized spacial score (nSPS) is 10.4. The van der Waals surface area contributed by atoms with E-state index in [1.54, 1.807) is 23.1 Å². The van der Waals surface area contributed by atoms with Gasteiger partial charge in [0.25, 0.3) is 0 Å². The van der Waals surface area contributed by atoms with Crippen molar-refractivity contribution in [2.24, 2.45) is 0 Å². The second kappa shape index (κ2) is 5.17. The van der Waals surface area contributed by atoms with Crippen LogP contribution in [0.4, 0.5) is 5.69 Å². The summed E-state index contributed by atoms with van der Waals surface area (Å²) in [6, 6.07) is 9.31. The Bertz CT molecular complexity index is 618. The van der Waals surface area contributed by atoms with Crippen molar-refractivity contribution in [1.82, 2.24) is 9.88 Å². The fourth-order valence-electron chi connectivity index (χ4n) is 1.64. The first-order valence-corrected chi connectivity index (χ1v) is 5.34. The van der Waals surface area contributed by atoms with Crippen molar-refractivity contribution in [3.63, 3.8) is 0 Å². The van der Waals surface area contributed by atoms with E-state index in [2.05, 4.69) is 4.98 Å². The first-order valence-electron chi connectivity index (χ1n) is 5.34. The van der Waals surface area contributed by atoms with E-state index in [0.29, 0.717) is 29.2 Å². The summed E-state index contributed by atoms with van der Waals surface area (Å²) in [5, 5.41) is 17.3. The van der Waals surface area contributed by atoms with Gasteiger partial charge in [-0.05, 0) is 12.1 Å². The van der Waals surface area contributed by atoms with E-state index in [1.807, 2.05) is 12.1 Å². The van der Waals surface area contributed by atoms with Crippen LogP contribution in [0.25, 0.3) is 11.1 Å². The summed E-state index contributed by atoms with van der Waals surface area (Å²) >= 11 is 0. The van der Waals surface area contributed by atoms with Crippen molar-refractivity contribution < 1.29 is 4.42 Å². The van der Waals surface area contributed by atoms with Gasteiger partial charge in [-0.2, -0.15) is 10.5 Å². The van der Waals surface area contributed by atoms with E-state index in [4.69, 9.17) is 20.7 Å². The first-order chi connectivity index (χ1) is 8.74. The highest BCUT2D eigenvalue weighted by Gasteiger charge is 2.12. The molecule has 0 saturated carbocycles. The van der Waals surface area contributed by atoms with Crippen molar-refractivity contribution in [2.45, 2.75) is 6.54 Å². The summed E-state index contributed by atoms with van der Waals surface area (Å²) in [5.41, 5.74) is 7.55. The molecule has 1 heterocycles. The highest BCUT2D eigenvalue weighted by atomic mass is 16.3. The molecule has 1 aromatic heterocycles. The molecule has 0 bridgehead atoms. The van der Waals surface area contributed by atoms with E-state index in [1.165, 1.54) is 0 Å². The molecule has 0 fully saturated rings. The van der Waals surface area contributed by atoms with Crippen molar-refractivity contribution in [3.8, 4) is 12.1 Å². The number of nitriles is 2. The van der Waals surface area contributed by atoms with Crippen molar-refractivity contribution >= 4 is 16.8 Å². The number of nitrogens with zero attached hydrogens (tertiary/aromatic N) is 4. The van der Waals surface area contributed by atoms with Crippen LogP contribution in [0.2, 0.25) is 0 Å². The molecule has 0 aliphatic rings. The van der Waals surface area contributed by atoms with E-state index in [-0.39, 0.29) is 13.1 Å². The molecule has 2 rings (SSSR count). The maximum atomic E-state index is 8.65. The summed E-state index contributed by atoms with van der Waals surface area (Å²) in [6.07, 6.45) is 0. The molecule has 0 atom stereocenters. The zero-order valence-corrected chi connectivity index (χ0v) is 9.63. The third-order valence-electron chi connectivity index (χ3n) is 2.44. The lowest BCUT2D eigenvalue weighted by molar-refractivity contribution is 0.298. The van der Waals surface area contributed by atoms with E-state index in [9.17, 15) is 0 Å². The molecule has 18 heavy (non-hydrogen) atoms. The van der Waals surface area contributed by atoms with Crippen LogP contribution in [0.1, 0.15) is 5.89 Å². The Morgan fingerprint density at radius 3 is 2.61 bits per heavy atom. The van der Waals surface area contributed by atoms with Gasteiger partial charge in [0, 0.05) is 0 Å². The Morgan fingerprint density at radius 1 is 1.28 bits per heavy atom. The zero-order valence-electron chi connectivity index (χ0n) is 9.63.